The van der Waals surface area contributed by atoms with Gasteiger partial charge in [-0.1, -0.05) is 17.3 Å². The molecule has 1 aliphatic rings. The van der Waals surface area contributed by atoms with Crippen molar-refractivity contribution in [2.24, 2.45) is 5.16 Å². The van der Waals surface area contributed by atoms with E-state index < -0.39 is 0 Å². The molecule has 0 spiro atoms. The number of methoxy groups -OCH3 is 1. The van der Waals surface area contributed by atoms with Crippen LogP contribution in [0.25, 0.3) is 0 Å². The van der Waals surface area contributed by atoms with E-state index in [9.17, 15) is 4.79 Å². The lowest BCUT2D eigenvalue weighted by molar-refractivity contribution is -0.123. The van der Waals surface area contributed by atoms with Crippen molar-refractivity contribution in [1.82, 2.24) is 5.32 Å². The Labute approximate surface area is 123 Å². The van der Waals surface area contributed by atoms with E-state index in [1.807, 2.05) is 18.2 Å². The zero-order chi connectivity index (χ0) is 15.1. The van der Waals surface area contributed by atoms with Gasteiger partial charge in [-0.25, -0.2) is 0 Å². The molecule has 2 N–H and O–H groups in total. The average Bonchev–Trinajstić information content (AvgIpc) is 2.52. The molecule has 0 heterocycles. The van der Waals surface area contributed by atoms with Crippen LogP contribution < -0.4 is 10.1 Å². The maximum atomic E-state index is 11.6. The molecule has 1 amide bonds. The Morgan fingerprint density at radius 1 is 1.43 bits per heavy atom. The highest BCUT2D eigenvalue weighted by molar-refractivity contribution is 6.02. The van der Waals surface area contributed by atoms with Gasteiger partial charge in [-0.15, -0.1) is 0 Å². The molecule has 0 bridgehead atoms. The van der Waals surface area contributed by atoms with Crippen LogP contribution in [0.15, 0.2) is 23.4 Å². The fraction of sp³-hybridized carbons (Fsp3) is 0.467. The van der Waals surface area contributed by atoms with Gasteiger partial charge in [0.1, 0.15) is 5.75 Å². The number of carbonyl (C=O) groups is 1. The minimum Gasteiger partial charge on any atom is -0.483 e. The highest BCUT2D eigenvalue weighted by Gasteiger charge is 2.19. The molecule has 0 radical (unpaired) electrons. The Kier molecular flexibility index (Phi) is 5.57. The second kappa shape index (κ2) is 7.64. The van der Waals surface area contributed by atoms with Gasteiger partial charge in [-0.05, 0) is 25.3 Å². The molecular formula is C15H20N2O4. The van der Waals surface area contributed by atoms with Crippen molar-refractivity contribution in [2.45, 2.75) is 19.3 Å². The lowest BCUT2D eigenvalue weighted by Crippen LogP contribution is -2.31. The highest BCUT2D eigenvalue weighted by atomic mass is 16.5. The molecule has 21 heavy (non-hydrogen) atoms. The molecule has 6 heteroatoms. The summed E-state index contributed by atoms with van der Waals surface area (Å²) in [5, 5.41) is 15.1. The third kappa shape index (κ3) is 3.95. The van der Waals surface area contributed by atoms with E-state index in [4.69, 9.17) is 14.7 Å². The number of fused-ring (bicyclic) bond motifs is 1. The fourth-order valence-corrected chi connectivity index (χ4v) is 2.39. The van der Waals surface area contributed by atoms with Crippen molar-refractivity contribution < 1.29 is 19.5 Å². The Bertz CT molecular complexity index is 528. The third-order valence-electron chi connectivity index (χ3n) is 3.39. The summed E-state index contributed by atoms with van der Waals surface area (Å²) in [5.74, 6) is 0.492. The van der Waals surface area contributed by atoms with Crippen LogP contribution in [0.1, 0.15) is 24.0 Å². The first-order chi connectivity index (χ1) is 10.3. The Balaban J connectivity index is 2.00. The molecule has 0 unspecified atom stereocenters. The number of carbonyl (C=O) groups excluding carboxylic acids is 1. The number of rotatable bonds is 6. The minimum absolute atomic E-state index is 0.0359. The van der Waals surface area contributed by atoms with Crippen molar-refractivity contribution in [3.8, 4) is 5.75 Å². The van der Waals surface area contributed by atoms with Crippen LogP contribution in [0.4, 0.5) is 0 Å². The molecule has 114 valence electrons. The number of hydrogen-bond donors (Lipinski definition) is 2. The van der Waals surface area contributed by atoms with Crippen molar-refractivity contribution in [3.63, 3.8) is 0 Å². The fourth-order valence-electron chi connectivity index (χ4n) is 2.39. The number of amides is 1. The van der Waals surface area contributed by atoms with Gasteiger partial charge in [0.05, 0.1) is 12.3 Å². The van der Waals surface area contributed by atoms with Gasteiger partial charge in [0.15, 0.2) is 6.61 Å². The molecule has 1 aromatic rings. The van der Waals surface area contributed by atoms with E-state index in [-0.39, 0.29) is 12.5 Å². The predicted octanol–water partition coefficient (Wildman–Crippen LogP) is 1.34. The monoisotopic (exact) mass is 292 g/mol. The molecule has 2 rings (SSSR count). The van der Waals surface area contributed by atoms with E-state index >= 15 is 0 Å². The number of benzene rings is 1. The Morgan fingerprint density at radius 2 is 2.29 bits per heavy atom. The maximum absolute atomic E-state index is 11.6. The van der Waals surface area contributed by atoms with Gasteiger partial charge >= 0.3 is 0 Å². The van der Waals surface area contributed by atoms with E-state index in [2.05, 4.69) is 10.5 Å². The topological polar surface area (TPSA) is 80.2 Å². The van der Waals surface area contributed by atoms with Crippen molar-refractivity contribution in [1.29, 1.82) is 0 Å². The summed E-state index contributed by atoms with van der Waals surface area (Å²) in [6, 6.07) is 5.59. The standard InChI is InChI=1S/C15H20N2O4/c1-20-9-8-16-15(18)10-21-14-7-3-4-11-12(14)5-2-6-13(11)17-19/h3-4,7,19H,2,5-6,8-10H2,1H3,(H,16,18). The van der Waals surface area contributed by atoms with Gasteiger partial charge < -0.3 is 20.0 Å². The minimum atomic E-state index is -0.184. The summed E-state index contributed by atoms with van der Waals surface area (Å²) in [6.07, 6.45) is 2.52. The predicted molar refractivity (Wildman–Crippen MR) is 78.1 cm³/mol. The first-order valence-electron chi connectivity index (χ1n) is 6.98. The van der Waals surface area contributed by atoms with E-state index in [1.165, 1.54) is 0 Å². The lowest BCUT2D eigenvalue weighted by Gasteiger charge is -2.20. The van der Waals surface area contributed by atoms with E-state index in [0.29, 0.717) is 24.6 Å². The van der Waals surface area contributed by atoms with Crippen LogP contribution in [0, 0.1) is 0 Å². The number of ether oxygens (including phenoxy) is 2. The van der Waals surface area contributed by atoms with Crippen LogP contribution in [-0.4, -0.2) is 43.7 Å². The average molecular weight is 292 g/mol. The largest absolute Gasteiger partial charge is 0.483 e. The van der Waals surface area contributed by atoms with Gasteiger partial charge in [0, 0.05) is 24.8 Å². The summed E-state index contributed by atoms with van der Waals surface area (Å²) in [4.78, 5) is 11.6. The van der Waals surface area contributed by atoms with Crippen LogP contribution in [0.5, 0.6) is 5.75 Å². The summed E-state index contributed by atoms with van der Waals surface area (Å²) < 4.78 is 10.5. The number of nitrogens with one attached hydrogen (secondary N) is 1. The Morgan fingerprint density at radius 3 is 3.05 bits per heavy atom. The summed E-state index contributed by atoms with van der Waals surface area (Å²) in [5.41, 5.74) is 2.58. The maximum Gasteiger partial charge on any atom is 0.258 e. The van der Waals surface area contributed by atoms with Crippen LogP contribution in [-0.2, 0) is 16.0 Å². The van der Waals surface area contributed by atoms with E-state index in [0.717, 1.165) is 30.4 Å². The molecule has 6 nitrogen and oxygen atoms in total. The Hall–Kier alpha value is -2.08. The van der Waals surface area contributed by atoms with Gasteiger partial charge in [0.25, 0.3) is 5.91 Å². The quantitative estimate of drug-likeness (QED) is 0.471. The SMILES string of the molecule is COCCNC(=O)COc1cccc2c1CCCC2=NO. The molecule has 1 aromatic carbocycles. The molecule has 0 atom stereocenters. The number of nitrogens with zero attached hydrogens (tertiary/aromatic N) is 1. The second-order valence-electron chi connectivity index (χ2n) is 4.81. The summed E-state index contributed by atoms with van der Waals surface area (Å²) in [7, 11) is 1.58. The zero-order valence-electron chi connectivity index (χ0n) is 12.1. The van der Waals surface area contributed by atoms with Crippen LogP contribution in [0.2, 0.25) is 0 Å². The number of hydrogen-bond acceptors (Lipinski definition) is 5. The first-order valence-corrected chi connectivity index (χ1v) is 6.98. The summed E-state index contributed by atoms with van der Waals surface area (Å²) in [6.45, 7) is 0.904. The van der Waals surface area contributed by atoms with Crippen molar-refractivity contribution in [3.05, 3.63) is 29.3 Å². The van der Waals surface area contributed by atoms with Gasteiger partial charge in [-0.3, -0.25) is 4.79 Å². The lowest BCUT2D eigenvalue weighted by atomic mass is 9.89. The number of oxime groups is 1. The molecule has 0 aliphatic heterocycles. The molecule has 0 fully saturated rings. The molecular weight excluding hydrogens is 272 g/mol. The molecule has 0 aromatic heterocycles. The second-order valence-corrected chi connectivity index (χ2v) is 4.81. The molecule has 1 aliphatic carbocycles. The highest BCUT2D eigenvalue weighted by Crippen LogP contribution is 2.29. The van der Waals surface area contributed by atoms with Crippen LogP contribution >= 0.6 is 0 Å². The van der Waals surface area contributed by atoms with E-state index in [1.54, 1.807) is 7.11 Å². The zero-order valence-corrected chi connectivity index (χ0v) is 12.1. The van der Waals surface area contributed by atoms with Crippen molar-refractivity contribution in [2.75, 3.05) is 26.9 Å². The van der Waals surface area contributed by atoms with Crippen LogP contribution in [0.3, 0.4) is 0 Å². The molecule has 0 saturated carbocycles. The van der Waals surface area contributed by atoms with Gasteiger partial charge in [0.2, 0.25) is 0 Å². The first kappa shape index (κ1) is 15.3. The van der Waals surface area contributed by atoms with Crippen molar-refractivity contribution >= 4 is 11.6 Å². The third-order valence-corrected chi connectivity index (χ3v) is 3.39. The smallest absolute Gasteiger partial charge is 0.258 e. The summed E-state index contributed by atoms with van der Waals surface area (Å²) >= 11 is 0. The molecule has 0 saturated heterocycles. The van der Waals surface area contributed by atoms with Gasteiger partial charge in [-0.2, -0.15) is 0 Å². The normalized spacial score (nSPS) is 15.6.